The van der Waals surface area contributed by atoms with E-state index in [0.717, 1.165) is 55.7 Å². The van der Waals surface area contributed by atoms with Crippen molar-refractivity contribution in [2.75, 3.05) is 19.1 Å². The first-order chi connectivity index (χ1) is 13.5. The second-order valence-corrected chi connectivity index (χ2v) is 8.98. The van der Waals surface area contributed by atoms with Gasteiger partial charge in [0.05, 0.1) is 5.52 Å². The Morgan fingerprint density at radius 3 is 2.89 bits per heavy atom. The zero-order valence-corrected chi connectivity index (χ0v) is 18.7. The average Bonchev–Trinajstić information content (AvgIpc) is 3.24. The van der Waals surface area contributed by atoms with Gasteiger partial charge in [-0.3, -0.25) is 0 Å². The number of aryl methyl sites for hydroxylation is 1. The van der Waals surface area contributed by atoms with E-state index in [1.54, 1.807) is 18.0 Å². The lowest BCUT2D eigenvalue weighted by Gasteiger charge is -2.12. The van der Waals surface area contributed by atoms with Gasteiger partial charge in [-0.1, -0.05) is 25.6 Å². The largest absolute Gasteiger partial charge is 0.454 e. The third-order valence-corrected chi connectivity index (χ3v) is 6.71. The Morgan fingerprint density at radius 2 is 2.11 bits per heavy atom. The van der Waals surface area contributed by atoms with E-state index in [2.05, 4.69) is 51.3 Å². The van der Waals surface area contributed by atoms with Crippen LogP contribution in [-0.2, 0) is 6.54 Å². The number of hydrogen-bond acceptors (Lipinski definition) is 7. The quantitative estimate of drug-likeness (QED) is 0.365. The molecule has 3 aromatic rings. The number of imidazole rings is 1. The number of anilines is 1. The maximum atomic E-state index is 6.08. The lowest BCUT2D eigenvalue weighted by molar-refractivity contribution is 0.174. The summed E-state index contributed by atoms with van der Waals surface area (Å²) in [5.41, 5.74) is 7.84. The van der Waals surface area contributed by atoms with Gasteiger partial charge in [0.1, 0.15) is 5.52 Å². The number of hydrogen-bond donors (Lipinski definition) is 2. The standard InChI is InChI=1S/C19H22IN5O2S/c1-11(2)22-5-3-7-25-13-4-6-23-18(21)17(13)24-19(25)28-16-9-15-14(8-12(16)20)26-10-27-15/h4,6,8-9,11,22H,3,5,7,10H2,1-2H3,(H2,21,23)/i20+4. The Kier molecular flexibility index (Phi) is 5.83. The molecule has 148 valence electrons. The fourth-order valence-electron chi connectivity index (χ4n) is 3.05. The Bertz CT molecular complexity index is 1010. The molecule has 1 aromatic carbocycles. The van der Waals surface area contributed by atoms with E-state index in [9.17, 15) is 0 Å². The molecule has 9 heteroatoms. The first kappa shape index (κ1) is 19.6. The van der Waals surface area contributed by atoms with Crippen LogP contribution in [0.15, 0.2) is 34.4 Å². The molecule has 0 atom stereocenters. The van der Waals surface area contributed by atoms with Crippen molar-refractivity contribution in [2.24, 2.45) is 0 Å². The maximum Gasteiger partial charge on any atom is 0.231 e. The number of ether oxygens (including phenoxy) is 2. The lowest BCUT2D eigenvalue weighted by Crippen LogP contribution is -2.24. The van der Waals surface area contributed by atoms with Gasteiger partial charge in [0.25, 0.3) is 0 Å². The predicted molar refractivity (Wildman–Crippen MR) is 119 cm³/mol. The molecule has 2 aromatic heterocycles. The summed E-state index contributed by atoms with van der Waals surface area (Å²) in [4.78, 5) is 10.1. The number of nitrogens with two attached hydrogens (primary N) is 1. The Hall–Kier alpha value is -1.72. The molecule has 0 fully saturated rings. The minimum absolute atomic E-state index is 0.267. The van der Waals surface area contributed by atoms with Crippen LogP contribution in [0.4, 0.5) is 5.82 Å². The van der Waals surface area contributed by atoms with Crippen LogP contribution in [0.1, 0.15) is 20.3 Å². The molecule has 0 saturated heterocycles. The SMILES string of the molecule is CC(C)NCCCn1c(Sc2cc3c(cc2[131I])OCO3)nc2c(N)nccc21. The van der Waals surface area contributed by atoms with Crippen LogP contribution in [0, 0.1) is 3.57 Å². The van der Waals surface area contributed by atoms with Gasteiger partial charge >= 0.3 is 0 Å². The van der Waals surface area contributed by atoms with Crippen LogP contribution in [0.3, 0.4) is 0 Å². The van der Waals surface area contributed by atoms with Gasteiger partial charge in [0.2, 0.25) is 6.79 Å². The van der Waals surface area contributed by atoms with E-state index in [1.807, 2.05) is 18.2 Å². The molecular weight excluding hydrogens is 493 g/mol. The molecule has 1 aliphatic rings. The van der Waals surface area contributed by atoms with Crippen molar-refractivity contribution in [3.63, 3.8) is 0 Å². The maximum absolute atomic E-state index is 6.08. The Labute approximate surface area is 181 Å². The van der Waals surface area contributed by atoms with Gasteiger partial charge in [0.15, 0.2) is 22.5 Å². The van der Waals surface area contributed by atoms with Crippen molar-refractivity contribution in [1.82, 2.24) is 19.9 Å². The van der Waals surface area contributed by atoms with E-state index in [1.165, 1.54) is 0 Å². The van der Waals surface area contributed by atoms with Crippen LogP contribution in [0.2, 0.25) is 0 Å². The molecule has 28 heavy (non-hydrogen) atoms. The number of nitrogens with one attached hydrogen (secondary N) is 1. The number of fused-ring (bicyclic) bond motifs is 2. The van der Waals surface area contributed by atoms with Crippen molar-refractivity contribution in [3.05, 3.63) is 28.0 Å². The third kappa shape index (κ3) is 4.01. The number of nitrogen functional groups attached to an aromatic ring is 1. The lowest BCUT2D eigenvalue weighted by atomic mass is 10.3. The molecule has 0 amide bonds. The van der Waals surface area contributed by atoms with Crippen molar-refractivity contribution in [3.8, 4) is 11.5 Å². The Balaban J connectivity index is 1.66. The topological polar surface area (TPSA) is 87.2 Å². The summed E-state index contributed by atoms with van der Waals surface area (Å²) in [6.45, 7) is 6.37. The van der Waals surface area contributed by atoms with E-state index in [-0.39, 0.29) is 6.79 Å². The predicted octanol–water partition coefficient (Wildman–Crippen LogP) is 3.89. The van der Waals surface area contributed by atoms with Gasteiger partial charge in [-0.05, 0) is 53.8 Å². The summed E-state index contributed by atoms with van der Waals surface area (Å²) >= 11 is 3.93. The van der Waals surface area contributed by atoms with Crippen LogP contribution in [0.25, 0.3) is 11.0 Å². The molecule has 0 unspecified atom stereocenters. The van der Waals surface area contributed by atoms with Gasteiger partial charge in [-0.25, -0.2) is 9.97 Å². The summed E-state index contributed by atoms with van der Waals surface area (Å²) < 4.78 is 14.3. The van der Waals surface area contributed by atoms with Crippen LogP contribution in [-0.4, -0.2) is 33.9 Å². The molecular formula is C19H22IN5O2S. The van der Waals surface area contributed by atoms with Crippen LogP contribution >= 0.6 is 34.4 Å². The van der Waals surface area contributed by atoms with Crippen molar-refractivity contribution in [2.45, 2.75) is 42.9 Å². The molecule has 1 aliphatic heterocycles. The summed E-state index contributed by atoms with van der Waals surface area (Å²) in [6.07, 6.45) is 2.73. The minimum Gasteiger partial charge on any atom is -0.454 e. The number of halogens is 1. The Morgan fingerprint density at radius 1 is 1.32 bits per heavy atom. The average molecular weight is 515 g/mol. The van der Waals surface area contributed by atoms with Crippen molar-refractivity contribution >= 4 is 51.2 Å². The summed E-state index contributed by atoms with van der Waals surface area (Å²) in [7, 11) is 0. The smallest absolute Gasteiger partial charge is 0.231 e. The second kappa shape index (κ2) is 8.34. The highest BCUT2D eigenvalue weighted by atomic mass is 131. The van der Waals surface area contributed by atoms with Gasteiger partial charge in [-0.2, -0.15) is 0 Å². The highest BCUT2D eigenvalue weighted by molar-refractivity contribution is 14.1. The van der Waals surface area contributed by atoms with Gasteiger partial charge in [0, 0.05) is 27.2 Å². The fraction of sp³-hybridized carbons (Fsp3) is 0.368. The number of nitrogens with zero attached hydrogens (tertiary/aromatic N) is 3. The summed E-state index contributed by atoms with van der Waals surface area (Å²) in [5, 5.41) is 4.36. The zero-order valence-electron chi connectivity index (χ0n) is 15.7. The highest BCUT2D eigenvalue weighted by Crippen LogP contribution is 2.41. The van der Waals surface area contributed by atoms with E-state index in [0.29, 0.717) is 11.9 Å². The van der Waals surface area contributed by atoms with Crippen LogP contribution in [0.5, 0.6) is 11.5 Å². The van der Waals surface area contributed by atoms with E-state index >= 15 is 0 Å². The number of rotatable bonds is 7. The van der Waals surface area contributed by atoms with E-state index in [4.69, 9.17) is 20.2 Å². The van der Waals surface area contributed by atoms with Crippen molar-refractivity contribution < 1.29 is 9.47 Å². The van der Waals surface area contributed by atoms with Gasteiger partial charge < -0.3 is 25.1 Å². The minimum atomic E-state index is 0.267. The number of aromatic nitrogens is 3. The molecule has 7 nitrogen and oxygen atoms in total. The number of benzene rings is 1. The molecule has 3 heterocycles. The molecule has 0 bridgehead atoms. The molecule has 3 N–H and O–H groups in total. The third-order valence-electron chi connectivity index (χ3n) is 4.40. The zero-order chi connectivity index (χ0) is 19.7. The highest BCUT2D eigenvalue weighted by Gasteiger charge is 2.20. The molecule has 0 spiro atoms. The normalized spacial score (nSPS) is 13.0. The number of pyridine rings is 1. The van der Waals surface area contributed by atoms with Gasteiger partial charge in [-0.15, -0.1) is 0 Å². The second-order valence-electron chi connectivity index (χ2n) is 6.81. The molecule has 4 rings (SSSR count). The summed E-state index contributed by atoms with van der Waals surface area (Å²) in [6, 6.07) is 6.47. The fourth-order valence-corrected chi connectivity index (χ4v) is 4.77. The summed E-state index contributed by atoms with van der Waals surface area (Å²) in [5.74, 6) is 2.02. The molecule has 0 saturated carbocycles. The van der Waals surface area contributed by atoms with Crippen molar-refractivity contribution in [1.29, 1.82) is 0 Å². The molecule has 0 radical (unpaired) electrons. The monoisotopic (exact) mass is 515 g/mol. The first-order valence-corrected chi connectivity index (χ1v) is 11.0. The van der Waals surface area contributed by atoms with Crippen LogP contribution < -0.4 is 20.5 Å². The first-order valence-electron chi connectivity index (χ1n) is 9.14. The molecule has 0 aliphatic carbocycles. The van der Waals surface area contributed by atoms with E-state index < -0.39 is 0 Å².